The van der Waals surface area contributed by atoms with Crippen LogP contribution in [-0.2, 0) is 21.9 Å². The van der Waals surface area contributed by atoms with E-state index in [1.807, 2.05) is 25.1 Å². The summed E-state index contributed by atoms with van der Waals surface area (Å²) >= 11 is 0. The number of nitrogens with zero attached hydrogens (tertiary/aromatic N) is 3. The van der Waals surface area contributed by atoms with E-state index in [4.69, 9.17) is 0 Å². The van der Waals surface area contributed by atoms with Gasteiger partial charge in [-0.05, 0) is 38.1 Å². The topological polar surface area (TPSA) is 93.4 Å². The number of hydrogen-bond acceptors (Lipinski definition) is 4. The SMILES string of the molecule is Cc1ccc(N(CC(=O)Nc2c(C)n(C)n(-c3ccccc3)c2=O)S(C)(=O)=O)cc1. The van der Waals surface area contributed by atoms with Crippen LogP contribution < -0.4 is 15.2 Å². The molecule has 0 fully saturated rings. The van der Waals surface area contributed by atoms with E-state index in [0.717, 1.165) is 16.1 Å². The maximum Gasteiger partial charge on any atom is 0.295 e. The summed E-state index contributed by atoms with van der Waals surface area (Å²) in [7, 11) is -1.98. The first-order valence-electron chi connectivity index (χ1n) is 9.28. The Balaban J connectivity index is 1.90. The molecule has 0 aliphatic heterocycles. The Morgan fingerprint density at radius 3 is 2.20 bits per heavy atom. The van der Waals surface area contributed by atoms with Crippen molar-refractivity contribution in [1.82, 2.24) is 9.36 Å². The molecule has 0 aliphatic rings. The maximum absolute atomic E-state index is 12.9. The summed E-state index contributed by atoms with van der Waals surface area (Å²) in [6.07, 6.45) is 1.04. The van der Waals surface area contributed by atoms with Crippen LogP contribution >= 0.6 is 0 Å². The summed E-state index contributed by atoms with van der Waals surface area (Å²) in [6, 6.07) is 15.9. The van der Waals surface area contributed by atoms with E-state index in [1.54, 1.807) is 55.1 Å². The van der Waals surface area contributed by atoms with Crippen molar-refractivity contribution in [3.05, 3.63) is 76.2 Å². The van der Waals surface area contributed by atoms with Crippen LogP contribution in [0.1, 0.15) is 11.3 Å². The van der Waals surface area contributed by atoms with Crippen LogP contribution in [-0.4, -0.2) is 36.5 Å². The van der Waals surface area contributed by atoms with Gasteiger partial charge in [0.1, 0.15) is 12.2 Å². The van der Waals surface area contributed by atoms with E-state index < -0.39 is 28.0 Å². The molecule has 1 N–H and O–H groups in total. The Morgan fingerprint density at radius 2 is 1.63 bits per heavy atom. The Bertz CT molecular complexity index is 1230. The molecular formula is C21H24N4O4S. The van der Waals surface area contributed by atoms with Gasteiger partial charge in [-0.25, -0.2) is 13.1 Å². The number of aryl methyl sites for hydroxylation is 1. The second kappa shape index (κ2) is 8.19. The fraction of sp³-hybridized carbons (Fsp3) is 0.238. The molecule has 8 nitrogen and oxygen atoms in total. The van der Waals surface area contributed by atoms with Crippen molar-refractivity contribution in [2.24, 2.45) is 7.05 Å². The highest BCUT2D eigenvalue weighted by molar-refractivity contribution is 7.92. The van der Waals surface area contributed by atoms with Crippen molar-refractivity contribution in [3.8, 4) is 5.69 Å². The van der Waals surface area contributed by atoms with Crippen LogP contribution in [0.25, 0.3) is 5.69 Å². The monoisotopic (exact) mass is 428 g/mol. The van der Waals surface area contributed by atoms with E-state index in [9.17, 15) is 18.0 Å². The van der Waals surface area contributed by atoms with E-state index in [1.165, 1.54) is 4.68 Å². The van der Waals surface area contributed by atoms with Gasteiger partial charge in [-0.2, -0.15) is 0 Å². The number of sulfonamides is 1. The van der Waals surface area contributed by atoms with Crippen LogP contribution in [0, 0.1) is 13.8 Å². The van der Waals surface area contributed by atoms with Gasteiger partial charge in [0.05, 0.1) is 23.3 Å². The number of para-hydroxylation sites is 1. The van der Waals surface area contributed by atoms with Crippen LogP contribution in [0.2, 0.25) is 0 Å². The molecule has 0 saturated heterocycles. The van der Waals surface area contributed by atoms with Gasteiger partial charge in [0.2, 0.25) is 15.9 Å². The molecule has 9 heteroatoms. The highest BCUT2D eigenvalue weighted by Gasteiger charge is 2.23. The molecular weight excluding hydrogens is 404 g/mol. The van der Waals surface area contributed by atoms with Crippen molar-refractivity contribution in [2.45, 2.75) is 13.8 Å². The van der Waals surface area contributed by atoms with Crippen molar-refractivity contribution in [3.63, 3.8) is 0 Å². The molecule has 1 aromatic heterocycles. The van der Waals surface area contributed by atoms with E-state index in [2.05, 4.69) is 5.32 Å². The molecule has 0 radical (unpaired) electrons. The number of benzene rings is 2. The fourth-order valence-corrected chi connectivity index (χ4v) is 3.99. The number of rotatable bonds is 6. The zero-order chi connectivity index (χ0) is 22.1. The summed E-state index contributed by atoms with van der Waals surface area (Å²) in [4.78, 5) is 25.6. The second-order valence-electron chi connectivity index (χ2n) is 7.09. The molecule has 0 spiro atoms. The average Bonchev–Trinajstić information content (AvgIpc) is 2.90. The number of amides is 1. The zero-order valence-corrected chi connectivity index (χ0v) is 18.1. The first-order valence-corrected chi connectivity index (χ1v) is 11.1. The Morgan fingerprint density at radius 1 is 1.03 bits per heavy atom. The molecule has 30 heavy (non-hydrogen) atoms. The van der Waals surface area contributed by atoms with Crippen molar-refractivity contribution >= 4 is 27.3 Å². The van der Waals surface area contributed by atoms with Gasteiger partial charge in [0.25, 0.3) is 5.56 Å². The van der Waals surface area contributed by atoms with Gasteiger partial charge < -0.3 is 5.32 Å². The second-order valence-corrected chi connectivity index (χ2v) is 9.00. The summed E-state index contributed by atoms with van der Waals surface area (Å²) in [5.74, 6) is -0.605. The Kier molecular flexibility index (Phi) is 5.84. The Labute approximate surface area is 175 Å². The minimum atomic E-state index is -3.70. The smallest absolute Gasteiger partial charge is 0.295 e. The summed E-state index contributed by atoms with van der Waals surface area (Å²) in [6.45, 7) is 3.16. The number of carbonyl (C=O) groups excluding carboxylic acids is 1. The maximum atomic E-state index is 12.9. The highest BCUT2D eigenvalue weighted by atomic mass is 32.2. The van der Waals surface area contributed by atoms with E-state index in [0.29, 0.717) is 17.1 Å². The van der Waals surface area contributed by atoms with Crippen LogP contribution in [0.5, 0.6) is 0 Å². The number of nitrogens with one attached hydrogen (secondary N) is 1. The average molecular weight is 429 g/mol. The van der Waals surface area contributed by atoms with Gasteiger partial charge in [-0.15, -0.1) is 0 Å². The molecule has 158 valence electrons. The molecule has 2 aromatic carbocycles. The number of hydrogen-bond donors (Lipinski definition) is 1. The molecule has 1 heterocycles. The minimum absolute atomic E-state index is 0.115. The van der Waals surface area contributed by atoms with Crippen molar-refractivity contribution < 1.29 is 13.2 Å². The number of aromatic nitrogens is 2. The van der Waals surface area contributed by atoms with E-state index in [-0.39, 0.29) is 5.69 Å². The van der Waals surface area contributed by atoms with Gasteiger partial charge in [0.15, 0.2) is 0 Å². The molecule has 0 atom stereocenters. The van der Waals surface area contributed by atoms with Gasteiger partial charge in [0, 0.05) is 7.05 Å². The summed E-state index contributed by atoms with van der Waals surface area (Å²) in [5.41, 5.74) is 2.28. The summed E-state index contributed by atoms with van der Waals surface area (Å²) in [5, 5.41) is 2.59. The van der Waals surface area contributed by atoms with Gasteiger partial charge in [-0.1, -0.05) is 35.9 Å². The van der Waals surface area contributed by atoms with E-state index >= 15 is 0 Å². The molecule has 1 amide bonds. The lowest BCUT2D eigenvalue weighted by molar-refractivity contribution is -0.114. The third kappa shape index (κ3) is 4.30. The van der Waals surface area contributed by atoms with Crippen LogP contribution in [0.3, 0.4) is 0 Å². The van der Waals surface area contributed by atoms with Crippen LogP contribution in [0.15, 0.2) is 59.4 Å². The number of anilines is 2. The standard InChI is InChI=1S/C21H24N4O4S/c1-15-10-12-17(13-11-15)24(30(4,28)29)14-19(26)22-20-16(2)23(3)25(21(20)27)18-8-6-5-7-9-18/h5-13H,14H2,1-4H3,(H,22,26). The van der Waals surface area contributed by atoms with Gasteiger partial charge in [-0.3, -0.25) is 18.6 Å². The third-order valence-corrected chi connectivity index (χ3v) is 5.97. The highest BCUT2D eigenvalue weighted by Crippen LogP contribution is 2.19. The molecule has 0 unspecified atom stereocenters. The third-order valence-electron chi connectivity index (χ3n) is 4.83. The predicted molar refractivity (Wildman–Crippen MR) is 118 cm³/mol. The molecule has 3 aromatic rings. The molecule has 3 rings (SSSR count). The molecule has 0 bridgehead atoms. The lowest BCUT2D eigenvalue weighted by atomic mass is 10.2. The lowest BCUT2D eigenvalue weighted by Gasteiger charge is -2.21. The van der Waals surface area contributed by atoms with Gasteiger partial charge >= 0.3 is 0 Å². The lowest BCUT2D eigenvalue weighted by Crippen LogP contribution is -2.38. The summed E-state index contributed by atoms with van der Waals surface area (Å²) < 4.78 is 28.6. The van der Waals surface area contributed by atoms with Crippen LogP contribution in [0.4, 0.5) is 11.4 Å². The number of carbonyl (C=O) groups is 1. The minimum Gasteiger partial charge on any atom is -0.318 e. The normalized spacial score (nSPS) is 11.3. The van der Waals surface area contributed by atoms with Crippen molar-refractivity contribution in [1.29, 1.82) is 0 Å². The molecule has 0 aliphatic carbocycles. The largest absolute Gasteiger partial charge is 0.318 e. The fourth-order valence-electron chi connectivity index (χ4n) is 3.13. The first kappa shape index (κ1) is 21.4. The van der Waals surface area contributed by atoms with Crippen molar-refractivity contribution in [2.75, 3.05) is 22.4 Å². The quantitative estimate of drug-likeness (QED) is 0.651. The first-order chi connectivity index (χ1) is 14.1. The Hall–Kier alpha value is -3.33. The zero-order valence-electron chi connectivity index (χ0n) is 17.3. The predicted octanol–water partition coefficient (Wildman–Crippen LogP) is 2.20. The molecule has 0 saturated carbocycles.